The van der Waals surface area contributed by atoms with Gasteiger partial charge in [-0.15, -0.1) is 0 Å². The molecule has 0 heterocycles. The van der Waals surface area contributed by atoms with E-state index in [9.17, 15) is 19.7 Å². The number of hydrogen-bond acceptors (Lipinski definition) is 6. The average molecular weight is 293 g/mol. The minimum absolute atomic E-state index is 0.0439. The molecule has 0 aliphatic heterocycles. The van der Waals surface area contributed by atoms with Gasteiger partial charge in [0.15, 0.2) is 0 Å². The average Bonchev–Trinajstić information content (AvgIpc) is 2.45. The Hall–Kier alpha value is -2.70. The molecule has 0 N–H and O–H groups in total. The summed E-state index contributed by atoms with van der Waals surface area (Å²) in [5.74, 6) is -1.72. The van der Waals surface area contributed by atoms with E-state index >= 15 is 0 Å². The van der Waals surface area contributed by atoms with Gasteiger partial charge in [-0.25, -0.2) is 4.79 Å². The van der Waals surface area contributed by atoms with Gasteiger partial charge in [0.25, 0.3) is 5.69 Å². The summed E-state index contributed by atoms with van der Waals surface area (Å²) in [6, 6.07) is 4.17. The lowest BCUT2D eigenvalue weighted by Crippen LogP contribution is -2.20. The highest BCUT2D eigenvalue weighted by Crippen LogP contribution is 2.29. The normalized spacial score (nSPS) is 9.76. The fraction of sp³-hybridized carbons (Fsp3) is 0.286. The van der Waals surface area contributed by atoms with Crippen molar-refractivity contribution >= 4 is 17.4 Å². The summed E-state index contributed by atoms with van der Waals surface area (Å²) < 4.78 is 9.87. The number of Topliss-reactive ketones (excluding diaryl/α,β-unsaturated/α-hetero) is 1. The molecule has 1 aromatic carbocycles. The molecule has 0 radical (unpaired) electrons. The van der Waals surface area contributed by atoms with Crippen molar-refractivity contribution in [3.63, 3.8) is 0 Å². The first-order valence-corrected chi connectivity index (χ1v) is 6.21. The number of nitro benzene ring substituents is 1. The Labute approximate surface area is 121 Å². The highest BCUT2D eigenvalue weighted by Gasteiger charge is 2.25. The topological polar surface area (TPSA) is 95.7 Å². The zero-order valence-electron chi connectivity index (χ0n) is 11.5. The van der Waals surface area contributed by atoms with Crippen molar-refractivity contribution in [1.29, 1.82) is 0 Å². The third-order valence-corrected chi connectivity index (χ3v) is 2.50. The van der Waals surface area contributed by atoms with Crippen LogP contribution in [0, 0.1) is 10.1 Å². The Morgan fingerprint density at radius 3 is 2.71 bits per heavy atom. The summed E-state index contributed by atoms with van der Waals surface area (Å²) in [6.45, 7) is 5.22. The fourth-order valence-electron chi connectivity index (χ4n) is 1.63. The molecule has 0 spiro atoms. The predicted octanol–water partition coefficient (Wildman–Crippen LogP) is 1.83. The Bertz CT molecular complexity index is 567. The molecule has 21 heavy (non-hydrogen) atoms. The summed E-state index contributed by atoms with van der Waals surface area (Å²) in [7, 11) is 0. The van der Waals surface area contributed by atoms with Crippen LogP contribution < -0.4 is 4.74 Å². The predicted molar refractivity (Wildman–Crippen MR) is 74.1 cm³/mol. The summed E-state index contributed by atoms with van der Waals surface area (Å²) in [5, 5.41) is 11.0. The van der Waals surface area contributed by atoms with Crippen LogP contribution in [0.2, 0.25) is 0 Å². The molecule has 0 saturated carbocycles. The van der Waals surface area contributed by atoms with Gasteiger partial charge in [0.1, 0.15) is 12.4 Å². The molecule has 1 aromatic rings. The quantitative estimate of drug-likeness (QED) is 0.238. The van der Waals surface area contributed by atoms with E-state index in [1.54, 1.807) is 6.92 Å². The highest BCUT2D eigenvalue weighted by molar-refractivity contribution is 6.34. The lowest BCUT2D eigenvalue weighted by atomic mass is 10.1. The minimum atomic E-state index is -1.02. The largest absolute Gasteiger partial charge is 0.489 e. The van der Waals surface area contributed by atoms with Gasteiger partial charge in [-0.2, -0.15) is 0 Å². The maximum Gasteiger partial charge on any atom is 0.374 e. The molecule has 0 bridgehead atoms. The van der Waals surface area contributed by atoms with Gasteiger partial charge in [0.2, 0.25) is 5.78 Å². The number of nitro groups is 1. The van der Waals surface area contributed by atoms with Crippen molar-refractivity contribution in [2.24, 2.45) is 0 Å². The second-order valence-electron chi connectivity index (χ2n) is 3.93. The number of nitrogens with zero attached hydrogens (tertiary/aromatic N) is 1. The molecule has 0 aliphatic rings. The first-order chi connectivity index (χ1) is 10.0. The smallest absolute Gasteiger partial charge is 0.374 e. The van der Waals surface area contributed by atoms with E-state index in [1.807, 2.05) is 0 Å². The third-order valence-electron chi connectivity index (χ3n) is 2.50. The van der Waals surface area contributed by atoms with Gasteiger partial charge >= 0.3 is 5.97 Å². The van der Waals surface area contributed by atoms with Crippen LogP contribution >= 0.6 is 0 Å². The summed E-state index contributed by atoms with van der Waals surface area (Å²) in [4.78, 5) is 33.5. The van der Waals surface area contributed by atoms with E-state index < -0.39 is 23.1 Å². The summed E-state index contributed by atoms with van der Waals surface area (Å²) in [6.07, 6.45) is 1.01. The highest BCUT2D eigenvalue weighted by atomic mass is 16.6. The van der Waals surface area contributed by atoms with Crippen LogP contribution in [0.1, 0.15) is 12.5 Å². The lowest BCUT2D eigenvalue weighted by molar-refractivity contribution is -0.385. The van der Waals surface area contributed by atoms with Crippen LogP contribution in [-0.2, 0) is 20.7 Å². The molecule has 0 aliphatic carbocycles. The van der Waals surface area contributed by atoms with E-state index in [4.69, 9.17) is 4.74 Å². The number of ether oxygens (including phenoxy) is 2. The van der Waals surface area contributed by atoms with Crippen molar-refractivity contribution in [3.05, 3.63) is 46.5 Å². The monoisotopic (exact) mass is 293 g/mol. The number of ketones is 1. The molecule has 0 fully saturated rings. The lowest BCUT2D eigenvalue weighted by Gasteiger charge is -2.09. The number of esters is 1. The second-order valence-corrected chi connectivity index (χ2v) is 3.93. The molecule has 0 aromatic heterocycles. The maximum absolute atomic E-state index is 11.7. The summed E-state index contributed by atoms with van der Waals surface area (Å²) in [5.41, 5.74) is -0.239. The fourth-order valence-corrected chi connectivity index (χ4v) is 1.63. The van der Waals surface area contributed by atoms with Gasteiger partial charge in [0.05, 0.1) is 23.5 Å². The van der Waals surface area contributed by atoms with E-state index in [1.165, 1.54) is 24.3 Å². The number of carbonyl (C=O) groups is 2. The Morgan fingerprint density at radius 1 is 1.43 bits per heavy atom. The molecule has 112 valence electrons. The zero-order chi connectivity index (χ0) is 15.8. The second kappa shape index (κ2) is 7.78. The van der Waals surface area contributed by atoms with E-state index in [-0.39, 0.29) is 30.2 Å². The molecule has 0 amide bonds. The Kier molecular flexibility index (Phi) is 6.06. The molecule has 0 atom stereocenters. The Morgan fingerprint density at radius 2 is 2.14 bits per heavy atom. The number of hydrogen-bond donors (Lipinski definition) is 0. The summed E-state index contributed by atoms with van der Waals surface area (Å²) >= 11 is 0. The van der Waals surface area contributed by atoms with Gasteiger partial charge in [-0.05, 0) is 13.0 Å². The Balaban J connectivity index is 3.11. The molecule has 1 rings (SSSR count). The van der Waals surface area contributed by atoms with Crippen molar-refractivity contribution in [2.75, 3.05) is 13.2 Å². The molecule has 7 heteroatoms. The molecular weight excluding hydrogens is 278 g/mol. The standard InChI is InChI=1S/C14H15NO6/c1-3-8-21-13-7-5-6-11(15(18)19)10(13)9-12(16)14(17)20-4-2/h3,5-7H,1,4,8-9H2,2H3. The number of rotatable bonds is 8. The van der Waals surface area contributed by atoms with E-state index in [2.05, 4.69) is 11.3 Å². The van der Waals surface area contributed by atoms with Crippen molar-refractivity contribution in [1.82, 2.24) is 0 Å². The van der Waals surface area contributed by atoms with Crippen LogP contribution in [0.15, 0.2) is 30.9 Å². The minimum Gasteiger partial charge on any atom is -0.489 e. The first-order valence-electron chi connectivity index (χ1n) is 6.21. The molecule has 7 nitrogen and oxygen atoms in total. The van der Waals surface area contributed by atoms with Gasteiger partial charge in [-0.3, -0.25) is 14.9 Å². The number of benzene rings is 1. The van der Waals surface area contributed by atoms with Crippen LogP contribution in [0.3, 0.4) is 0 Å². The first kappa shape index (κ1) is 16.4. The maximum atomic E-state index is 11.7. The third kappa shape index (κ3) is 4.41. The molecular formula is C14H15NO6. The van der Waals surface area contributed by atoms with Crippen LogP contribution in [-0.4, -0.2) is 29.9 Å². The van der Waals surface area contributed by atoms with Gasteiger partial charge < -0.3 is 9.47 Å². The van der Waals surface area contributed by atoms with E-state index in [0.717, 1.165) is 0 Å². The van der Waals surface area contributed by atoms with Crippen LogP contribution in [0.4, 0.5) is 5.69 Å². The zero-order valence-corrected chi connectivity index (χ0v) is 11.5. The van der Waals surface area contributed by atoms with Crippen molar-refractivity contribution < 1.29 is 24.0 Å². The molecule has 0 unspecified atom stereocenters. The molecule has 0 saturated heterocycles. The van der Waals surface area contributed by atoms with Crippen molar-refractivity contribution in [3.8, 4) is 5.75 Å². The van der Waals surface area contributed by atoms with E-state index in [0.29, 0.717) is 0 Å². The van der Waals surface area contributed by atoms with Gasteiger partial charge in [0, 0.05) is 6.07 Å². The number of carbonyl (C=O) groups excluding carboxylic acids is 2. The van der Waals surface area contributed by atoms with Crippen molar-refractivity contribution in [2.45, 2.75) is 13.3 Å². The SMILES string of the molecule is C=CCOc1cccc([N+](=O)[O-])c1CC(=O)C(=O)OCC. The van der Waals surface area contributed by atoms with Crippen LogP contribution in [0.25, 0.3) is 0 Å². The van der Waals surface area contributed by atoms with Crippen LogP contribution in [0.5, 0.6) is 5.75 Å². The van der Waals surface area contributed by atoms with Gasteiger partial charge in [-0.1, -0.05) is 18.7 Å².